The molecule has 1 saturated heterocycles. The maximum absolute atomic E-state index is 13.1. The fourth-order valence-corrected chi connectivity index (χ4v) is 1.82. The van der Waals surface area contributed by atoms with E-state index in [1.54, 1.807) is 0 Å². The predicted molar refractivity (Wildman–Crippen MR) is 61.4 cm³/mol. The van der Waals surface area contributed by atoms with Crippen molar-refractivity contribution in [3.8, 4) is 0 Å². The van der Waals surface area contributed by atoms with E-state index in [0.29, 0.717) is 12.2 Å². The molecule has 0 amide bonds. The highest BCUT2D eigenvalue weighted by Crippen LogP contribution is 2.20. The third-order valence-corrected chi connectivity index (χ3v) is 2.78. The largest absolute Gasteiger partial charge is 0.353 e. The van der Waals surface area contributed by atoms with Crippen LogP contribution in [0.2, 0.25) is 0 Å². The Labute approximate surface area is 104 Å². The second-order valence-corrected chi connectivity index (χ2v) is 4.15. The van der Waals surface area contributed by atoms with Crippen LogP contribution in [0.1, 0.15) is 24.8 Å². The lowest BCUT2D eigenvalue weighted by Crippen LogP contribution is -2.22. The fraction of sp³-hybridized carbons (Fsp3) is 0.500. The number of rotatable bonds is 4. The first kappa shape index (κ1) is 12.9. The van der Waals surface area contributed by atoms with Crippen molar-refractivity contribution in [1.82, 2.24) is 0 Å². The zero-order valence-corrected chi connectivity index (χ0v) is 9.80. The number of nitro groups is 1. The highest BCUT2D eigenvalue weighted by Gasteiger charge is 2.17. The first-order chi connectivity index (χ1) is 8.66. The molecule has 0 aromatic heterocycles. The van der Waals surface area contributed by atoms with E-state index < -0.39 is 16.4 Å². The average Bonchev–Trinajstić information content (AvgIpc) is 2.38. The lowest BCUT2D eigenvalue weighted by atomic mass is 10.2. The highest BCUT2D eigenvalue weighted by molar-refractivity contribution is 5.35. The quantitative estimate of drug-likeness (QED) is 0.613. The van der Waals surface area contributed by atoms with Crippen LogP contribution < -0.4 is 0 Å². The summed E-state index contributed by atoms with van der Waals surface area (Å²) in [6.45, 7) is 0.861. The van der Waals surface area contributed by atoms with Crippen LogP contribution in [0, 0.1) is 15.9 Å². The van der Waals surface area contributed by atoms with Gasteiger partial charge in [-0.1, -0.05) is 6.07 Å². The van der Waals surface area contributed by atoms with Gasteiger partial charge in [-0.25, -0.2) is 0 Å². The Morgan fingerprint density at radius 2 is 2.33 bits per heavy atom. The molecule has 1 aromatic carbocycles. The van der Waals surface area contributed by atoms with E-state index in [2.05, 4.69) is 0 Å². The Balaban J connectivity index is 1.96. The minimum atomic E-state index is -0.835. The van der Waals surface area contributed by atoms with Gasteiger partial charge in [0.1, 0.15) is 0 Å². The van der Waals surface area contributed by atoms with Crippen LogP contribution in [0.5, 0.6) is 0 Å². The summed E-state index contributed by atoms with van der Waals surface area (Å²) in [5.41, 5.74) is 0.0398. The van der Waals surface area contributed by atoms with Gasteiger partial charge in [-0.05, 0) is 30.9 Å². The lowest BCUT2D eigenvalue weighted by Gasteiger charge is -2.22. The molecule has 0 bridgehead atoms. The zero-order valence-electron chi connectivity index (χ0n) is 9.80. The van der Waals surface area contributed by atoms with E-state index in [4.69, 9.17) is 9.47 Å². The molecule has 1 atom stereocenters. The Morgan fingerprint density at radius 1 is 1.50 bits per heavy atom. The number of ether oxygens (including phenoxy) is 2. The van der Waals surface area contributed by atoms with Crippen molar-refractivity contribution >= 4 is 5.69 Å². The van der Waals surface area contributed by atoms with Crippen molar-refractivity contribution in [2.75, 3.05) is 6.61 Å². The van der Waals surface area contributed by atoms with Gasteiger partial charge in [0.2, 0.25) is 5.82 Å². The molecule has 1 aliphatic rings. The van der Waals surface area contributed by atoms with Crippen molar-refractivity contribution < 1.29 is 18.8 Å². The minimum Gasteiger partial charge on any atom is -0.353 e. The summed E-state index contributed by atoms with van der Waals surface area (Å²) >= 11 is 0. The number of halogens is 1. The van der Waals surface area contributed by atoms with Gasteiger partial charge in [0.15, 0.2) is 6.29 Å². The van der Waals surface area contributed by atoms with Gasteiger partial charge < -0.3 is 9.47 Å². The molecule has 2 rings (SSSR count). The van der Waals surface area contributed by atoms with Crippen LogP contribution in [-0.2, 0) is 16.1 Å². The molecule has 6 heteroatoms. The summed E-state index contributed by atoms with van der Waals surface area (Å²) in [4.78, 5) is 9.84. The fourth-order valence-electron chi connectivity index (χ4n) is 1.82. The van der Waals surface area contributed by atoms with Crippen LogP contribution in [0.15, 0.2) is 18.2 Å². The molecule has 5 nitrogen and oxygen atoms in total. The van der Waals surface area contributed by atoms with Crippen molar-refractivity contribution in [1.29, 1.82) is 0 Å². The molecular formula is C12H14FNO4. The number of hydrogen-bond acceptors (Lipinski definition) is 4. The van der Waals surface area contributed by atoms with Crippen LogP contribution >= 0.6 is 0 Å². The second kappa shape index (κ2) is 5.88. The topological polar surface area (TPSA) is 61.6 Å². The lowest BCUT2D eigenvalue weighted by molar-refractivity contribution is -0.387. The normalized spacial score (nSPS) is 19.7. The monoisotopic (exact) mass is 255 g/mol. The van der Waals surface area contributed by atoms with Gasteiger partial charge in [-0.3, -0.25) is 10.1 Å². The number of hydrogen-bond donors (Lipinski definition) is 0. The van der Waals surface area contributed by atoms with Crippen LogP contribution in [0.4, 0.5) is 10.1 Å². The summed E-state index contributed by atoms with van der Waals surface area (Å²) < 4.78 is 24.0. The third-order valence-electron chi connectivity index (χ3n) is 2.78. The summed E-state index contributed by atoms with van der Waals surface area (Å²) in [6.07, 6.45) is 2.64. The molecule has 1 heterocycles. The molecule has 1 unspecified atom stereocenters. The third kappa shape index (κ3) is 3.24. The standard InChI is InChI=1S/C12H14FNO4/c13-10-5-4-9(7-11(10)14(15)16)8-18-12-3-1-2-6-17-12/h4-5,7,12H,1-3,6,8H2. The smallest absolute Gasteiger partial charge is 0.305 e. The minimum absolute atomic E-state index is 0.186. The molecule has 98 valence electrons. The Kier molecular flexibility index (Phi) is 4.22. The Bertz CT molecular complexity index is 432. The first-order valence-corrected chi connectivity index (χ1v) is 5.83. The molecule has 1 aliphatic heterocycles. The molecule has 1 fully saturated rings. The van der Waals surface area contributed by atoms with Crippen molar-refractivity contribution in [3.63, 3.8) is 0 Å². The molecular weight excluding hydrogens is 241 g/mol. The average molecular weight is 255 g/mol. The van der Waals surface area contributed by atoms with Crippen molar-refractivity contribution in [2.24, 2.45) is 0 Å². The van der Waals surface area contributed by atoms with E-state index in [0.717, 1.165) is 25.3 Å². The van der Waals surface area contributed by atoms with Gasteiger partial charge in [-0.2, -0.15) is 4.39 Å². The molecule has 0 aliphatic carbocycles. The molecule has 0 spiro atoms. The van der Waals surface area contributed by atoms with E-state index >= 15 is 0 Å². The second-order valence-electron chi connectivity index (χ2n) is 4.15. The highest BCUT2D eigenvalue weighted by atomic mass is 19.1. The van der Waals surface area contributed by atoms with E-state index in [-0.39, 0.29) is 12.9 Å². The first-order valence-electron chi connectivity index (χ1n) is 5.83. The molecule has 0 N–H and O–H groups in total. The summed E-state index contributed by atoms with van der Waals surface area (Å²) in [5.74, 6) is -0.835. The summed E-state index contributed by atoms with van der Waals surface area (Å²) in [6, 6.07) is 3.75. The zero-order chi connectivity index (χ0) is 13.0. The molecule has 0 saturated carbocycles. The van der Waals surface area contributed by atoms with Gasteiger partial charge in [-0.15, -0.1) is 0 Å². The van der Waals surface area contributed by atoms with E-state index in [1.165, 1.54) is 12.1 Å². The maximum atomic E-state index is 13.1. The Hall–Kier alpha value is -1.53. The van der Waals surface area contributed by atoms with Crippen molar-refractivity contribution in [2.45, 2.75) is 32.2 Å². The van der Waals surface area contributed by atoms with E-state index in [1.807, 2.05) is 0 Å². The van der Waals surface area contributed by atoms with E-state index in [9.17, 15) is 14.5 Å². The van der Waals surface area contributed by atoms with Crippen LogP contribution in [0.3, 0.4) is 0 Å². The summed E-state index contributed by atoms with van der Waals surface area (Å²) in [5, 5.41) is 10.6. The molecule has 1 aromatic rings. The maximum Gasteiger partial charge on any atom is 0.305 e. The molecule has 18 heavy (non-hydrogen) atoms. The number of nitrogens with zero attached hydrogens (tertiary/aromatic N) is 1. The van der Waals surface area contributed by atoms with Crippen molar-refractivity contribution in [3.05, 3.63) is 39.7 Å². The van der Waals surface area contributed by atoms with Crippen LogP contribution in [-0.4, -0.2) is 17.8 Å². The number of nitro benzene ring substituents is 1. The summed E-state index contributed by atoms with van der Waals surface area (Å²) in [7, 11) is 0. The predicted octanol–water partition coefficient (Wildman–Crippen LogP) is 2.78. The van der Waals surface area contributed by atoms with Crippen LogP contribution in [0.25, 0.3) is 0 Å². The van der Waals surface area contributed by atoms with Gasteiger partial charge in [0, 0.05) is 12.7 Å². The van der Waals surface area contributed by atoms with Gasteiger partial charge >= 0.3 is 5.69 Å². The van der Waals surface area contributed by atoms with Gasteiger partial charge in [0.05, 0.1) is 11.5 Å². The SMILES string of the molecule is O=[N+]([O-])c1cc(COC2CCCCO2)ccc1F. The molecule has 0 radical (unpaired) electrons. The Morgan fingerprint density at radius 3 is 3.00 bits per heavy atom. The number of benzene rings is 1. The van der Waals surface area contributed by atoms with Gasteiger partial charge in [0.25, 0.3) is 0 Å².